The SMILES string of the molecule is COc1ccc2c(c1)CCC(C(=O)[C@H](Cc1ccccc1)NC(=O)NS(=O)(=O)c1ccccc1C)N2. The maximum atomic E-state index is 13.6. The molecular formula is C27H29N3O5S. The second-order valence-corrected chi connectivity index (χ2v) is 10.4. The molecule has 0 saturated heterocycles. The fraction of sp³-hybridized carbons (Fsp3) is 0.259. The van der Waals surface area contributed by atoms with Crippen LogP contribution in [0.3, 0.4) is 0 Å². The van der Waals surface area contributed by atoms with Crippen molar-refractivity contribution in [3.63, 3.8) is 0 Å². The number of nitrogens with one attached hydrogen (secondary N) is 3. The molecule has 2 atom stereocenters. The van der Waals surface area contributed by atoms with Crippen molar-refractivity contribution in [2.75, 3.05) is 12.4 Å². The molecule has 1 aliphatic rings. The first-order chi connectivity index (χ1) is 17.3. The molecule has 0 saturated carbocycles. The lowest BCUT2D eigenvalue weighted by Gasteiger charge is -2.29. The normalized spacial score (nSPS) is 15.7. The van der Waals surface area contributed by atoms with Crippen LogP contribution in [-0.2, 0) is 27.7 Å². The van der Waals surface area contributed by atoms with Crippen molar-refractivity contribution in [1.82, 2.24) is 10.0 Å². The maximum absolute atomic E-state index is 13.6. The summed E-state index contributed by atoms with van der Waals surface area (Å²) in [5.41, 5.74) is 3.24. The van der Waals surface area contributed by atoms with E-state index in [4.69, 9.17) is 4.74 Å². The fourth-order valence-electron chi connectivity index (χ4n) is 4.36. The minimum Gasteiger partial charge on any atom is -0.497 e. The highest BCUT2D eigenvalue weighted by atomic mass is 32.2. The number of aryl methyl sites for hydroxylation is 2. The standard InChI is InChI=1S/C27H29N3O5S/c1-18-8-6-7-11-25(18)36(33,34)30-27(32)29-24(16-19-9-4-3-5-10-19)26(31)23-14-12-20-17-21(35-2)13-15-22(20)28-23/h3-11,13,15,17,23-24,28H,12,14,16H2,1-2H3,(H2,29,30,32)/t23?,24-/m0/s1. The van der Waals surface area contributed by atoms with E-state index in [-0.39, 0.29) is 17.1 Å². The van der Waals surface area contributed by atoms with Gasteiger partial charge in [0.15, 0.2) is 5.78 Å². The molecule has 0 spiro atoms. The number of sulfonamides is 1. The molecule has 1 heterocycles. The molecule has 0 aliphatic carbocycles. The summed E-state index contributed by atoms with van der Waals surface area (Å²) in [6, 6.07) is 18.9. The van der Waals surface area contributed by atoms with Gasteiger partial charge in [0, 0.05) is 5.69 Å². The van der Waals surface area contributed by atoms with Crippen molar-refractivity contribution in [2.45, 2.75) is 43.2 Å². The molecule has 3 aromatic carbocycles. The number of Topliss-reactive ketones (excluding diaryl/α,β-unsaturated/α-hetero) is 1. The van der Waals surface area contributed by atoms with Gasteiger partial charge in [-0.3, -0.25) is 4.79 Å². The highest BCUT2D eigenvalue weighted by Crippen LogP contribution is 2.29. The van der Waals surface area contributed by atoms with Crippen LogP contribution in [0.2, 0.25) is 0 Å². The zero-order chi connectivity index (χ0) is 25.7. The number of rotatable bonds is 8. The van der Waals surface area contributed by atoms with Crippen molar-refractivity contribution in [1.29, 1.82) is 0 Å². The van der Waals surface area contributed by atoms with Gasteiger partial charge in [-0.2, -0.15) is 0 Å². The largest absolute Gasteiger partial charge is 0.497 e. The van der Waals surface area contributed by atoms with Gasteiger partial charge in [-0.15, -0.1) is 0 Å². The molecule has 3 aromatic rings. The number of carbonyl (C=O) groups is 2. The Kier molecular flexibility index (Phi) is 7.59. The van der Waals surface area contributed by atoms with Gasteiger partial charge in [0.1, 0.15) is 5.75 Å². The van der Waals surface area contributed by atoms with E-state index in [1.165, 1.54) is 6.07 Å². The Labute approximate surface area is 211 Å². The summed E-state index contributed by atoms with van der Waals surface area (Å²) in [5.74, 6) is 0.527. The molecule has 3 N–H and O–H groups in total. The molecule has 0 aromatic heterocycles. The number of fused-ring (bicyclic) bond motifs is 1. The van der Waals surface area contributed by atoms with E-state index < -0.39 is 28.1 Å². The van der Waals surface area contributed by atoms with Crippen LogP contribution in [0, 0.1) is 6.92 Å². The average Bonchev–Trinajstić information content (AvgIpc) is 2.87. The van der Waals surface area contributed by atoms with E-state index in [0.29, 0.717) is 18.4 Å². The summed E-state index contributed by atoms with van der Waals surface area (Å²) in [4.78, 5) is 26.4. The number of urea groups is 1. The van der Waals surface area contributed by atoms with Gasteiger partial charge in [0.05, 0.1) is 24.1 Å². The Morgan fingerprint density at radius 3 is 2.50 bits per heavy atom. The lowest BCUT2D eigenvalue weighted by Crippen LogP contribution is -2.53. The molecule has 1 aliphatic heterocycles. The Balaban J connectivity index is 1.52. The average molecular weight is 508 g/mol. The van der Waals surface area contributed by atoms with Crippen molar-refractivity contribution in [2.24, 2.45) is 0 Å². The van der Waals surface area contributed by atoms with E-state index in [2.05, 4.69) is 15.4 Å². The van der Waals surface area contributed by atoms with E-state index >= 15 is 0 Å². The number of amides is 2. The van der Waals surface area contributed by atoms with Crippen LogP contribution in [0.5, 0.6) is 5.75 Å². The smallest absolute Gasteiger partial charge is 0.329 e. The molecule has 9 heteroatoms. The zero-order valence-corrected chi connectivity index (χ0v) is 21.0. The number of carbonyl (C=O) groups excluding carboxylic acids is 2. The van der Waals surface area contributed by atoms with Crippen LogP contribution < -0.4 is 20.1 Å². The van der Waals surface area contributed by atoms with Crippen LogP contribution in [0.25, 0.3) is 0 Å². The maximum Gasteiger partial charge on any atom is 0.329 e. The van der Waals surface area contributed by atoms with E-state index in [1.54, 1.807) is 32.2 Å². The van der Waals surface area contributed by atoms with Gasteiger partial charge < -0.3 is 15.4 Å². The van der Waals surface area contributed by atoms with Gasteiger partial charge in [-0.05, 0) is 67.1 Å². The molecule has 2 amide bonds. The summed E-state index contributed by atoms with van der Waals surface area (Å²) in [7, 11) is -2.50. The Hall–Kier alpha value is -3.85. The molecule has 0 radical (unpaired) electrons. The number of methoxy groups -OCH3 is 1. The molecular weight excluding hydrogens is 478 g/mol. The number of hydrogen-bond donors (Lipinski definition) is 3. The Bertz CT molecular complexity index is 1360. The predicted octanol–water partition coefficient (Wildman–Crippen LogP) is 3.60. The lowest BCUT2D eigenvalue weighted by molar-refractivity contribution is -0.121. The monoisotopic (exact) mass is 507 g/mol. The first-order valence-corrected chi connectivity index (χ1v) is 13.1. The number of ketones is 1. The van der Waals surface area contributed by atoms with Gasteiger partial charge in [-0.1, -0.05) is 48.5 Å². The molecule has 1 unspecified atom stereocenters. The van der Waals surface area contributed by atoms with Crippen molar-refractivity contribution in [3.8, 4) is 5.75 Å². The van der Waals surface area contributed by atoms with Crippen LogP contribution >= 0.6 is 0 Å². The lowest BCUT2D eigenvalue weighted by atomic mass is 9.90. The molecule has 36 heavy (non-hydrogen) atoms. The highest BCUT2D eigenvalue weighted by molar-refractivity contribution is 7.90. The zero-order valence-electron chi connectivity index (χ0n) is 20.2. The molecule has 0 fully saturated rings. The molecule has 188 valence electrons. The van der Waals surface area contributed by atoms with Crippen molar-refractivity contribution >= 4 is 27.5 Å². The third-order valence-corrected chi connectivity index (χ3v) is 7.72. The predicted molar refractivity (Wildman–Crippen MR) is 138 cm³/mol. The first-order valence-electron chi connectivity index (χ1n) is 11.7. The fourth-order valence-corrected chi connectivity index (χ4v) is 5.52. The minimum atomic E-state index is -4.11. The minimum absolute atomic E-state index is 0.00654. The first kappa shape index (κ1) is 25.2. The summed E-state index contributed by atoms with van der Waals surface area (Å²) in [6.45, 7) is 1.65. The van der Waals surface area contributed by atoms with E-state index in [9.17, 15) is 18.0 Å². The molecule has 8 nitrogen and oxygen atoms in total. The van der Waals surface area contributed by atoms with Crippen LogP contribution in [0.1, 0.15) is 23.1 Å². The summed E-state index contributed by atoms with van der Waals surface area (Å²) in [6.07, 6.45) is 1.43. The van der Waals surface area contributed by atoms with Crippen molar-refractivity contribution < 1.29 is 22.7 Å². The van der Waals surface area contributed by atoms with Crippen LogP contribution in [-0.4, -0.2) is 39.4 Å². The number of hydrogen-bond acceptors (Lipinski definition) is 6. The topological polar surface area (TPSA) is 114 Å². The summed E-state index contributed by atoms with van der Waals surface area (Å²) >= 11 is 0. The van der Waals surface area contributed by atoms with Crippen molar-refractivity contribution in [3.05, 3.63) is 89.5 Å². The summed E-state index contributed by atoms with van der Waals surface area (Å²) in [5, 5.41) is 5.89. The van der Waals surface area contributed by atoms with Gasteiger partial charge in [0.2, 0.25) is 0 Å². The second-order valence-electron chi connectivity index (χ2n) is 8.75. The highest BCUT2D eigenvalue weighted by Gasteiger charge is 2.32. The quantitative estimate of drug-likeness (QED) is 0.429. The Morgan fingerprint density at radius 1 is 1.06 bits per heavy atom. The Morgan fingerprint density at radius 2 is 1.78 bits per heavy atom. The van der Waals surface area contributed by atoms with Crippen LogP contribution in [0.15, 0.2) is 77.7 Å². The number of benzene rings is 3. The molecule has 0 bridgehead atoms. The number of ether oxygens (including phenoxy) is 1. The molecule has 4 rings (SSSR count). The van der Waals surface area contributed by atoms with E-state index in [0.717, 1.165) is 22.6 Å². The third-order valence-electron chi connectivity index (χ3n) is 6.23. The van der Waals surface area contributed by atoms with Gasteiger partial charge in [-0.25, -0.2) is 17.9 Å². The second kappa shape index (κ2) is 10.8. The van der Waals surface area contributed by atoms with Gasteiger partial charge >= 0.3 is 6.03 Å². The number of anilines is 1. The summed E-state index contributed by atoms with van der Waals surface area (Å²) < 4.78 is 32.9. The van der Waals surface area contributed by atoms with Gasteiger partial charge in [0.25, 0.3) is 10.0 Å². The van der Waals surface area contributed by atoms with E-state index in [1.807, 2.05) is 48.5 Å². The third kappa shape index (κ3) is 5.85. The van der Waals surface area contributed by atoms with Crippen LogP contribution in [0.4, 0.5) is 10.5 Å².